The van der Waals surface area contributed by atoms with Crippen LogP contribution in [-0.2, 0) is 14.8 Å². The summed E-state index contributed by atoms with van der Waals surface area (Å²) < 4.78 is 45.6. The minimum absolute atomic E-state index is 0.163. The Balaban J connectivity index is 1.97. The predicted octanol–water partition coefficient (Wildman–Crippen LogP) is 2.20. The topological polar surface area (TPSA) is 84.5 Å². The Morgan fingerprint density at radius 3 is 2.52 bits per heavy atom. The van der Waals surface area contributed by atoms with E-state index in [4.69, 9.17) is 0 Å². The zero-order valence-corrected chi connectivity index (χ0v) is 15.2. The molecule has 0 unspecified atom stereocenters. The van der Waals surface area contributed by atoms with Gasteiger partial charge in [0.15, 0.2) is 0 Å². The van der Waals surface area contributed by atoms with E-state index < -0.39 is 32.3 Å². The zero-order chi connectivity index (χ0) is 18.3. The van der Waals surface area contributed by atoms with Gasteiger partial charge in [-0.3, -0.25) is 0 Å². The lowest BCUT2D eigenvalue weighted by Crippen LogP contribution is -2.37. The van der Waals surface area contributed by atoms with E-state index in [1.807, 2.05) is 0 Å². The fourth-order valence-electron chi connectivity index (χ4n) is 3.05. The molecule has 0 saturated heterocycles. The van der Waals surface area contributed by atoms with Crippen molar-refractivity contribution in [2.75, 3.05) is 20.2 Å². The molecular formula is C17H25FN2O4S. The van der Waals surface area contributed by atoms with Crippen molar-refractivity contribution in [2.24, 2.45) is 0 Å². The number of esters is 1. The SMILES string of the molecule is COC(=O)c1c(F)cccc1S(=O)(=O)NCCNC1CCCCCC1. The van der Waals surface area contributed by atoms with Crippen molar-refractivity contribution in [1.82, 2.24) is 10.0 Å². The van der Waals surface area contributed by atoms with Gasteiger partial charge in [0, 0.05) is 19.1 Å². The van der Waals surface area contributed by atoms with Gasteiger partial charge in [0.05, 0.1) is 12.0 Å². The summed E-state index contributed by atoms with van der Waals surface area (Å²) in [6, 6.07) is 3.88. The molecule has 0 aliphatic heterocycles. The van der Waals surface area contributed by atoms with Crippen molar-refractivity contribution in [2.45, 2.75) is 49.5 Å². The number of carbonyl (C=O) groups excluding carboxylic acids is 1. The molecule has 2 rings (SSSR count). The molecule has 1 aliphatic carbocycles. The van der Waals surface area contributed by atoms with E-state index in [-0.39, 0.29) is 6.54 Å². The molecule has 1 aliphatic rings. The van der Waals surface area contributed by atoms with E-state index in [1.165, 1.54) is 37.8 Å². The van der Waals surface area contributed by atoms with Crippen LogP contribution in [0.2, 0.25) is 0 Å². The Kier molecular flexibility index (Phi) is 7.34. The van der Waals surface area contributed by atoms with E-state index in [2.05, 4.69) is 14.8 Å². The average molecular weight is 372 g/mol. The molecule has 1 aromatic carbocycles. The third-order valence-corrected chi connectivity index (χ3v) is 5.86. The number of rotatable bonds is 7. The van der Waals surface area contributed by atoms with Gasteiger partial charge in [-0.05, 0) is 25.0 Å². The maximum atomic E-state index is 13.9. The highest BCUT2D eigenvalue weighted by Gasteiger charge is 2.26. The van der Waals surface area contributed by atoms with Crippen LogP contribution in [0.4, 0.5) is 4.39 Å². The minimum Gasteiger partial charge on any atom is -0.465 e. The molecule has 25 heavy (non-hydrogen) atoms. The van der Waals surface area contributed by atoms with Gasteiger partial charge in [-0.25, -0.2) is 22.3 Å². The molecule has 0 spiro atoms. The number of halogens is 1. The van der Waals surface area contributed by atoms with Gasteiger partial charge < -0.3 is 10.1 Å². The van der Waals surface area contributed by atoms with Gasteiger partial charge in [-0.15, -0.1) is 0 Å². The van der Waals surface area contributed by atoms with Crippen LogP contribution in [0.3, 0.4) is 0 Å². The van der Waals surface area contributed by atoms with Gasteiger partial charge >= 0.3 is 5.97 Å². The normalized spacial score (nSPS) is 16.4. The highest BCUT2D eigenvalue weighted by atomic mass is 32.2. The maximum Gasteiger partial charge on any atom is 0.342 e. The van der Waals surface area contributed by atoms with Crippen LogP contribution in [0.5, 0.6) is 0 Å². The Labute approximate surface area is 148 Å². The van der Waals surface area contributed by atoms with Gasteiger partial charge in [0.1, 0.15) is 11.4 Å². The standard InChI is InChI=1S/C17H25FN2O4S/c1-24-17(21)16-14(18)9-6-10-15(16)25(22,23)20-12-11-19-13-7-4-2-3-5-8-13/h6,9-10,13,19-20H,2-5,7-8,11-12H2,1H3. The Hall–Kier alpha value is -1.51. The number of nitrogens with one attached hydrogen (secondary N) is 2. The summed E-state index contributed by atoms with van der Waals surface area (Å²) in [7, 11) is -2.93. The molecular weight excluding hydrogens is 347 g/mol. The zero-order valence-electron chi connectivity index (χ0n) is 14.4. The molecule has 140 valence electrons. The molecule has 0 bridgehead atoms. The summed E-state index contributed by atoms with van der Waals surface area (Å²) in [6.07, 6.45) is 7.08. The second-order valence-corrected chi connectivity index (χ2v) is 7.88. The van der Waals surface area contributed by atoms with E-state index in [0.717, 1.165) is 26.0 Å². The molecule has 0 aromatic heterocycles. The molecule has 0 heterocycles. The predicted molar refractivity (Wildman–Crippen MR) is 92.4 cm³/mol. The second-order valence-electron chi connectivity index (χ2n) is 6.14. The van der Waals surface area contributed by atoms with Crippen molar-refractivity contribution in [3.63, 3.8) is 0 Å². The maximum absolute atomic E-state index is 13.9. The van der Waals surface area contributed by atoms with Gasteiger partial charge in [-0.1, -0.05) is 31.7 Å². The summed E-state index contributed by atoms with van der Waals surface area (Å²) in [6.45, 7) is 0.642. The van der Waals surface area contributed by atoms with Gasteiger partial charge in [0.25, 0.3) is 0 Å². The quantitative estimate of drug-likeness (QED) is 0.435. The third kappa shape index (κ3) is 5.49. The molecule has 0 atom stereocenters. The third-order valence-electron chi connectivity index (χ3n) is 4.36. The first-order chi connectivity index (χ1) is 12.0. The molecule has 1 saturated carbocycles. The Bertz CT molecular complexity index is 686. The number of benzene rings is 1. The monoisotopic (exact) mass is 372 g/mol. The van der Waals surface area contributed by atoms with Crippen molar-refractivity contribution in [1.29, 1.82) is 0 Å². The van der Waals surface area contributed by atoms with E-state index in [1.54, 1.807) is 0 Å². The molecule has 1 fully saturated rings. The summed E-state index contributed by atoms with van der Waals surface area (Å²) in [5, 5.41) is 3.35. The van der Waals surface area contributed by atoms with Crippen LogP contribution in [0.1, 0.15) is 48.9 Å². The number of hydrogen-bond acceptors (Lipinski definition) is 5. The van der Waals surface area contributed by atoms with Crippen molar-refractivity contribution in [3.8, 4) is 0 Å². The second kappa shape index (κ2) is 9.26. The number of sulfonamides is 1. The van der Waals surface area contributed by atoms with Crippen LogP contribution in [-0.4, -0.2) is 40.6 Å². The molecule has 1 aromatic rings. The van der Waals surface area contributed by atoms with Crippen LogP contribution in [0.25, 0.3) is 0 Å². The first-order valence-electron chi connectivity index (χ1n) is 8.55. The van der Waals surface area contributed by atoms with Crippen LogP contribution >= 0.6 is 0 Å². The lowest BCUT2D eigenvalue weighted by Gasteiger charge is -2.16. The fourth-order valence-corrected chi connectivity index (χ4v) is 4.28. The first kappa shape index (κ1) is 19.8. The van der Waals surface area contributed by atoms with Crippen molar-refractivity contribution >= 4 is 16.0 Å². The molecule has 0 amide bonds. The van der Waals surface area contributed by atoms with E-state index in [9.17, 15) is 17.6 Å². The minimum atomic E-state index is -4.01. The van der Waals surface area contributed by atoms with Crippen molar-refractivity contribution < 1.29 is 22.3 Å². The number of hydrogen-bond donors (Lipinski definition) is 2. The van der Waals surface area contributed by atoms with Crippen LogP contribution in [0, 0.1) is 5.82 Å². The molecule has 8 heteroatoms. The molecule has 2 N–H and O–H groups in total. The number of carbonyl (C=O) groups is 1. The highest BCUT2D eigenvalue weighted by Crippen LogP contribution is 2.20. The van der Waals surface area contributed by atoms with Gasteiger partial charge in [-0.2, -0.15) is 0 Å². The van der Waals surface area contributed by atoms with Crippen LogP contribution < -0.4 is 10.0 Å². The van der Waals surface area contributed by atoms with Crippen LogP contribution in [0.15, 0.2) is 23.1 Å². The summed E-state index contributed by atoms with van der Waals surface area (Å²) >= 11 is 0. The number of ether oxygens (including phenoxy) is 1. The van der Waals surface area contributed by atoms with Crippen molar-refractivity contribution in [3.05, 3.63) is 29.6 Å². The largest absolute Gasteiger partial charge is 0.465 e. The lowest BCUT2D eigenvalue weighted by molar-refractivity contribution is 0.0590. The summed E-state index contributed by atoms with van der Waals surface area (Å²) in [5.41, 5.74) is -0.575. The lowest BCUT2D eigenvalue weighted by atomic mass is 10.1. The average Bonchev–Trinajstić information content (AvgIpc) is 2.86. The fraction of sp³-hybridized carbons (Fsp3) is 0.588. The highest BCUT2D eigenvalue weighted by molar-refractivity contribution is 7.89. The van der Waals surface area contributed by atoms with Gasteiger partial charge in [0.2, 0.25) is 10.0 Å². The summed E-state index contributed by atoms with van der Waals surface area (Å²) in [4.78, 5) is 11.3. The molecule has 6 nitrogen and oxygen atoms in total. The Morgan fingerprint density at radius 2 is 1.88 bits per heavy atom. The first-order valence-corrected chi connectivity index (χ1v) is 10.0. The summed E-state index contributed by atoms with van der Waals surface area (Å²) in [5.74, 6) is -1.94. The van der Waals surface area contributed by atoms with E-state index >= 15 is 0 Å². The molecule has 0 radical (unpaired) electrons. The Morgan fingerprint density at radius 1 is 1.20 bits per heavy atom. The van der Waals surface area contributed by atoms with E-state index in [0.29, 0.717) is 12.6 Å². The smallest absolute Gasteiger partial charge is 0.342 e. The number of methoxy groups -OCH3 is 1.